The smallest absolute Gasteiger partial charge is 0.0328 e. The summed E-state index contributed by atoms with van der Waals surface area (Å²) in [6.07, 6.45) is 10.2. The van der Waals surface area contributed by atoms with Crippen molar-refractivity contribution in [1.82, 2.24) is 10.4 Å². The third kappa shape index (κ3) is 1.40. The normalized spacial score (nSPS) is 44.8. The molecule has 1 N–H and O–H groups in total. The monoisotopic (exact) mass is 180 g/mol. The zero-order valence-electron chi connectivity index (χ0n) is 8.39. The van der Waals surface area contributed by atoms with Gasteiger partial charge in [-0.25, -0.2) is 10.4 Å². The Morgan fingerprint density at radius 3 is 2.77 bits per heavy atom. The van der Waals surface area contributed by atoms with Crippen molar-refractivity contribution < 1.29 is 0 Å². The highest BCUT2D eigenvalue weighted by atomic mass is 15.6. The topological polar surface area (TPSA) is 15.3 Å². The van der Waals surface area contributed by atoms with E-state index in [2.05, 4.69) is 10.4 Å². The van der Waals surface area contributed by atoms with Gasteiger partial charge in [0.05, 0.1) is 0 Å². The molecule has 2 nitrogen and oxygen atoms in total. The molecule has 3 fully saturated rings. The molecule has 13 heavy (non-hydrogen) atoms. The van der Waals surface area contributed by atoms with Crippen molar-refractivity contribution in [2.45, 2.75) is 50.5 Å². The van der Waals surface area contributed by atoms with E-state index in [9.17, 15) is 0 Å². The summed E-state index contributed by atoms with van der Waals surface area (Å²) in [4.78, 5) is 0. The minimum absolute atomic E-state index is 0.545. The lowest BCUT2D eigenvalue weighted by Gasteiger charge is -2.43. The third-order valence-electron chi connectivity index (χ3n) is 4.23. The van der Waals surface area contributed by atoms with Gasteiger partial charge in [-0.1, -0.05) is 12.8 Å². The molecule has 1 heterocycles. The van der Waals surface area contributed by atoms with Gasteiger partial charge in [0.15, 0.2) is 0 Å². The van der Waals surface area contributed by atoms with Crippen molar-refractivity contribution in [2.24, 2.45) is 5.92 Å². The van der Waals surface area contributed by atoms with E-state index in [1.54, 1.807) is 0 Å². The van der Waals surface area contributed by atoms with E-state index in [-0.39, 0.29) is 0 Å². The summed E-state index contributed by atoms with van der Waals surface area (Å²) in [6, 6.07) is 0. The van der Waals surface area contributed by atoms with Gasteiger partial charge in [-0.15, -0.1) is 0 Å². The maximum atomic E-state index is 3.79. The highest BCUT2D eigenvalue weighted by molar-refractivity contribution is 4.99. The van der Waals surface area contributed by atoms with E-state index in [1.165, 1.54) is 58.0 Å². The molecule has 0 aromatic carbocycles. The van der Waals surface area contributed by atoms with Gasteiger partial charge >= 0.3 is 0 Å². The first-order valence-corrected chi connectivity index (χ1v) is 5.89. The first-order valence-electron chi connectivity index (χ1n) is 5.89. The van der Waals surface area contributed by atoms with Crippen LogP contribution >= 0.6 is 0 Å². The molecule has 0 spiro atoms. The van der Waals surface area contributed by atoms with Crippen molar-refractivity contribution in [2.75, 3.05) is 13.1 Å². The Morgan fingerprint density at radius 2 is 2.00 bits per heavy atom. The van der Waals surface area contributed by atoms with Crippen LogP contribution in [0.1, 0.15) is 44.9 Å². The number of rotatable bonds is 2. The highest BCUT2D eigenvalue weighted by Gasteiger charge is 2.43. The number of nitrogens with one attached hydrogen (secondary N) is 1. The summed E-state index contributed by atoms with van der Waals surface area (Å²) in [6.45, 7) is 2.57. The molecule has 2 heteroatoms. The second-order valence-corrected chi connectivity index (χ2v) is 5.23. The van der Waals surface area contributed by atoms with E-state index >= 15 is 0 Å². The second kappa shape index (κ2) is 2.96. The van der Waals surface area contributed by atoms with Crippen LogP contribution in [0, 0.1) is 5.92 Å². The zero-order chi connectivity index (χ0) is 8.73. The van der Waals surface area contributed by atoms with Gasteiger partial charge in [-0.2, -0.15) is 0 Å². The predicted molar refractivity (Wildman–Crippen MR) is 53.2 cm³/mol. The van der Waals surface area contributed by atoms with Crippen LogP contribution in [0.4, 0.5) is 0 Å². The number of hydrogen-bond donors (Lipinski definition) is 1. The molecule has 0 aromatic rings. The third-order valence-corrected chi connectivity index (χ3v) is 4.23. The van der Waals surface area contributed by atoms with Gasteiger partial charge in [0.2, 0.25) is 0 Å². The molecular formula is C11H20N2. The van der Waals surface area contributed by atoms with Crippen molar-refractivity contribution >= 4 is 0 Å². The molecule has 0 aromatic heterocycles. The fraction of sp³-hybridized carbons (Fsp3) is 1.00. The molecule has 2 atom stereocenters. The van der Waals surface area contributed by atoms with Crippen molar-refractivity contribution in [3.05, 3.63) is 0 Å². The lowest BCUT2D eigenvalue weighted by molar-refractivity contribution is 0.0338. The number of hydrogen-bond acceptors (Lipinski definition) is 2. The summed E-state index contributed by atoms with van der Waals surface area (Å²) in [5, 5.41) is 2.44. The van der Waals surface area contributed by atoms with Crippen LogP contribution < -0.4 is 5.43 Å². The lowest BCUT2D eigenvalue weighted by Crippen LogP contribution is -2.58. The van der Waals surface area contributed by atoms with Crippen molar-refractivity contribution in [1.29, 1.82) is 0 Å². The second-order valence-electron chi connectivity index (χ2n) is 5.23. The van der Waals surface area contributed by atoms with Crippen molar-refractivity contribution in [3.63, 3.8) is 0 Å². The summed E-state index contributed by atoms with van der Waals surface area (Å²) in [5.74, 6) is 1.06. The minimum atomic E-state index is 0.545. The average molecular weight is 180 g/mol. The van der Waals surface area contributed by atoms with E-state index in [1.807, 2.05) is 0 Å². The highest BCUT2D eigenvalue weighted by Crippen LogP contribution is 2.45. The van der Waals surface area contributed by atoms with E-state index in [4.69, 9.17) is 0 Å². The van der Waals surface area contributed by atoms with E-state index in [0.717, 1.165) is 5.92 Å². The Balaban J connectivity index is 1.65. The van der Waals surface area contributed by atoms with Gasteiger partial charge in [0.1, 0.15) is 0 Å². The van der Waals surface area contributed by atoms with Crippen LogP contribution in [0.5, 0.6) is 0 Å². The molecule has 0 radical (unpaired) electrons. The quantitative estimate of drug-likeness (QED) is 0.698. The number of fused-ring (bicyclic) bond motifs is 2. The van der Waals surface area contributed by atoms with Crippen LogP contribution in [-0.2, 0) is 0 Å². The molecule has 2 unspecified atom stereocenters. The fourth-order valence-electron chi connectivity index (χ4n) is 3.36. The molecule has 1 saturated heterocycles. The Kier molecular flexibility index (Phi) is 1.88. The van der Waals surface area contributed by atoms with E-state index < -0.39 is 0 Å². The van der Waals surface area contributed by atoms with E-state index in [0.29, 0.717) is 5.54 Å². The van der Waals surface area contributed by atoms with Gasteiger partial charge in [-0.05, 0) is 38.0 Å². The average Bonchev–Trinajstić information content (AvgIpc) is 2.36. The Labute approximate surface area is 80.7 Å². The molecule has 1 aliphatic heterocycles. The molecule has 2 bridgehead atoms. The van der Waals surface area contributed by atoms with Gasteiger partial charge < -0.3 is 0 Å². The molecule has 2 aliphatic carbocycles. The number of hydrazine groups is 1. The molecule has 3 rings (SSSR count). The minimum Gasteiger partial charge on any atom is -0.249 e. The van der Waals surface area contributed by atoms with Gasteiger partial charge in [0, 0.05) is 18.6 Å². The molecule has 0 amide bonds. The first-order chi connectivity index (χ1) is 6.36. The molecular weight excluding hydrogens is 160 g/mol. The summed E-state index contributed by atoms with van der Waals surface area (Å²) in [7, 11) is 0. The van der Waals surface area contributed by atoms with Crippen LogP contribution in [0.15, 0.2) is 0 Å². The molecule has 3 aliphatic rings. The molecule has 2 saturated carbocycles. The van der Waals surface area contributed by atoms with Gasteiger partial charge in [-0.3, -0.25) is 0 Å². The van der Waals surface area contributed by atoms with Crippen LogP contribution in [-0.4, -0.2) is 23.6 Å². The SMILES string of the molecule is C1CN(NC23CCCC(CC2)C3)C1. The Hall–Kier alpha value is -0.0800. The maximum Gasteiger partial charge on any atom is 0.0328 e. The maximum absolute atomic E-state index is 3.79. The summed E-state index contributed by atoms with van der Waals surface area (Å²) < 4.78 is 0. The predicted octanol–water partition coefficient (Wildman–Crippen LogP) is 1.92. The lowest BCUT2D eigenvalue weighted by atomic mass is 9.83. The standard InChI is InChI=1S/C11H20N2/c1-3-10-4-6-11(5-1,9-10)12-13-7-2-8-13/h10,12H,1-9H2. The fourth-order valence-corrected chi connectivity index (χ4v) is 3.36. The zero-order valence-corrected chi connectivity index (χ0v) is 8.39. The Morgan fingerprint density at radius 1 is 1.08 bits per heavy atom. The summed E-state index contributed by atoms with van der Waals surface area (Å²) >= 11 is 0. The van der Waals surface area contributed by atoms with Gasteiger partial charge in [0.25, 0.3) is 0 Å². The summed E-state index contributed by atoms with van der Waals surface area (Å²) in [5.41, 5.74) is 4.34. The Bertz CT molecular complexity index is 196. The molecule has 74 valence electrons. The first kappa shape index (κ1) is 8.25. The van der Waals surface area contributed by atoms with Crippen LogP contribution in [0.25, 0.3) is 0 Å². The number of nitrogens with zero attached hydrogens (tertiary/aromatic N) is 1. The largest absolute Gasteiger partial charge is 0.249 e. The van der Waals surface area contributed by atoms with Crippen LogP contribution in [0.2, 0.25) is 0 Å². The van der Waals surface area contributed by atoms with Crippen molar-refractivity contribution in [3.8, 4) is 0 Å². The van der Waals surface area contributed by atoms with Crippen LogP contribution in [0.3, 0.4) is 0 Å².